The van der Waals surface area contributed by atoms with Crippen molar-refractivity contribution in [2.75, 3.05) is 0 Å². The Balaban J connectivity index is 1.73. The first kappa shape index (κ1) is 16.1. The minimum absolute atomic E-state index is 0.0550. The average Bonchev–Trinajstić information content (AvgIpc) is 3.00. The largest absolute Gasteiger partial charge is 0.393 e. The number of pyridine rings is 1. The Morgan fingerprint density at radius 2 is 2.30 bits per heavy atom. The molecule has 23 heavy (non-hydrogen) atoms. The molecule has 4 nitrogen and oxygen atoms in total. The number of hydrogen-bond acceptors (Lipinski definition) is 4. The first-order valence-corrected chi connectivity index (χ1v) is 9.02. The van der Waals surface area contributed by atoms with Crippen LogP contribution in [0.15, 0.2) is 35.8 Å². The van der Waals surface area contributed by atoms with E-state index in [2.05, 4.69) is 17.2 Å². The molecule has 5 heteroatoms. The van der Waals surface area contributed by atoms with Gasteiger partial charge in [0.2, 0.25) is 0 Å². The Bertz CT molecular complexity index is 650. The monoisotopic (exact) mass is 330 g/mol. The van der Waals surface area contributed by atoms with Gasteiger partial charge in [-0.05, 0) is 43.4 Å². The van der Waals surface area contributed by atoms with Crippen molar-refractivity contribution in [2.24, 2.45) is 5.92 Å². The van der Waals surface area contributed by atoms with Gasteiger partial charge in [0, 0.05) is 16.5 Å². The molecule has 2 aromatic heterocycles. The maximum absolute atomic E-state index is 12.6. The van der Waals surface area contributed by atoms with E-state index < -0.39 is 0 Å². The Labute approximate surface area is 140 Å². The lowest BCUT2D eigenvalue weighted by molar-refractivity contribution is 0.0228. The lowest BCUT2D eigenvalue weighted by atomic mass is 9.76. The zero-order chi connectivity index (χ0) is 16.2. The molecule has 0 bridgehead atoms. The molecule has 0 saturated heterocycles. The lowest BCUT2D eigenvalue weighted by Gasteiger charge is -2.37. The predicted molar refractivity (Wildman–Crippen MR) is 91.5 cm³/mol. The molecule has 1 atom stereocenters. The van der Waals surface area contributed by atoms with E-state index in [1.807, 2.05) is 29.6 Å². The number of aliphatic hydroxyl groups is 1. The van der Waals surface area contributed by atoms with Gasteiger partial charge < -0.3 is 10.4 Å². The summed E-state index contributed by atoms with van der Waals surface area (Å²) < 4.78 is 0. The standard InChI is InChI=1S/C18H22N2O2S/c1-2-5-15-10-13(11-23-15)18(22)20-17(12-8-14(21)9-12)16-6-3-4-7-19-16/h3-4,6-7,10-12,14,17,21H,2,5,8-9H2,1H3,(H,20,22)/t12?,14?,17-/m1/s1. The van der Waals surface area contributed by atoms with Crippen LogP contribution in [0.3, 0.4) is 0 Å². The Kier molecular flexibility index (Phi) is 5.08. The molecule has 0 spiro atoms. The van der Waals surface area contributed by atoms with E-state index in [4.69, 9.17) is 0 Å². The highest BCUT2D eigenvalue weighted by Crippen LogP contribution is 2.37. The van der Waals surface area contributed by atoms with Crippen LogP contribution < -0.4 is 5.32 Å². The van der Waals surface area contributed by atoms with Crippen molar-refractivity contribution in [1.82, 2.24) is 10.3 Å². The smallest absolute Gasteiger partial charge is 0.252 e. The summed E-state index contributed by atoms with van der Waals surface area (Å²) in [5.41, 5.74) is 1.58. The van der Waals surface area contributed by atoms with Crippen molar-refractivity contribution in [1.29, 1.82) is 0 Å². The number of rotatable bonds is 6. The number of carbonyl (C=O) groups is 1. The van der Waals surface area contributed by atoms with Crippen LogP contribution in [-0.4, -0.2) is 22.1 Å². The Morgan fingerprint density at radius 3 is 2.96 bits per heavy atom. The van der Waals surface area contributed by atoms with E-state index in [0.717, 1.165) is 24.1 Å². The molecule has 2 N–H and O–H groups in total. The number of carbonyl (C=O) groups excluding carboxylic acids is 1. The zero-order valence-electron chi connectivity index (χ0n) is 13.2. The van der Waals surface area contributed by atoms with Crippen molar-refractivity contribution >= 4 is 17.2 Å². The van der Waals surface area contributed by atoms with E-state index >= 15 is 0 Å². The minimum Gasteiger partial charge on any atom is -0.393 e. The van der Waals surface area contributed by atoms with Crippen molar-refractivity contribution in [3.05, 3.63) is 52.0 Å². The molecular formula is C18H22N2O2S. The normalized spacial score (nSPS) is 21.5. The second-order valence-electron chi connectivity index (χ2n) is 6.14. The van der Waals surface area contributed by atoms with Gasteiger partial charge in [0.15, 0.2) is 0 Å². The maximum atomic E-state index is 12.6. The molecule has 1 saturated carbocycles. The van der Waals surface area contributed by atoms with E-state index in [1.54, 1.807) is 17.5 Å². The summed E-state index contributed by atoms with van der Waals surface area (Å²) in [6.45, 7) is 2.14. The van der Waals surface area contributed by atoms with Crippen molar-refractivity contribution < 1.29 is 9.90 Å². The van der Waals surface area contributed by atoms with Gasteiger partial charge in [-0.2, -0.15) is 0 Å². The number of hydrogen-bond donors (Lipinski definition) is 2. The third-order valence-corrected chi connectivity index (χ3v) is 5.32. The van der Waals surface area contributed by atoms with Crippen LogP contribution in [0.5, 0.6) is 0 Å². The van der Waals surface area contributed by atoms with Gasteiger partial charge in [-0.15, -0.1) is 11.3 Å². The van der Waals surface area contributed by atoms with Gasteiger partial charge in [0.05, 0.1) is 23.4 Å². The second kappa shape index (κ2) is 7.23. The van der Waals surface area contributed by atoms with Crippen LogP contribution in [-0.2, 0) is 6.42 Å². The topological polar surface area (TPSA) is 62.2 Å². The maximum Gasteiger partial charge on any atom is 0.252 e. The summed E-state index contributed by atoms with van der Waals surface area (Å²) in [4.78, 5) is 18.2. The predicted octanol–water partition coefficient (Wildman–Crippen LogP) is 3.34. The molecule has 1 fully saturated rings. The van der Waals surface area contributed by atoms with Crippen LogP contribution in [0.25, 0.3) is 0 Å². The number of aryl methyl sites for hydroxylation is 1. The molecular weight excluding hydrogens is 308 g/mol. The highest BCUT2D eigenvalue weighted by Gasteiger charge is 2.36. The van der Waals surface area contributed by atoms with E-state index in [1.165, 1.54) is 4.88 Å². The van der Waals surface area contributed by atoms with Gasteiger partial charge in [-0.25, -0.2) is 0 Å². The SMILES string of the molecule is CCCc1cc(C(=O)N[C@@H](c2ccccn2)C2CC(O)C2)cs1. The van der Waals surface area contributed by atoms with E-state index in [0.29, 0.717) is 12.8 Å². The zero-order valence-corrected chi connectivity index (χ0v) is 14.1. The van der Waals surface area contributed by atoms with E-state index in [-0.39, 0.29) is 24.0 Å². The van der Waals surface area contributed by atoms with Crippen LogP contribution in [0, 0.1) is 5.92 Å². The molecule has 0 unspecified atom stereocenters. The molecule has 0 radical (unpaired) electrons. The first-order valence-electron chi connectivity index (χ1n) is 8.14. The van der Waals surface area contributed by atoms with E-state index in [9.17, 15) is 9.90 Å². The number of thiophene rings is 1. The molecule has 2 heterocycles. The highest BCUT2D eigenvalue weighted by atomic mass is 32.1. The molecule has 0 aromatic carbocycles. The molecule has 3 rings (SSSR count). The fourth-order valence-corrected chi connectivity index (χ4v) is 3.97. The molecule has 122 valence electrons. The fraction of sp³-hybridized carbons (Fsp3) is 0.444. The third kappa shape index (κ3) is 3.79. The number of aliphatic hydroxyl groups excluding tert-OH is 1. The average molecular weight is 330 g/mol. The number of amides is 1. The minimum atomic E-state index is -0.250. The Morgan fingerprint density at radius 1 is 1.48 bits per heavy atom. The molecule has 0 aliphatic heterocycles. The number of nitrogens with one attached hydrogen (secondary N) is 1. The summed E-state index contributed by atoms with van der Waals surface area (Å²) >= 11 is 1.64. The second-order valence-corrected chi connectivity index (χ2v) is 7.14. The molecule has 1 aliphatic rings. The first-order chi connectivity index (χ1) is 11.2. The summed E-state index contributed by atoms with van der Waals surface area (Å²) in [7, 11) is 0. The summed E-state index contributed by atoms with van der Waals surface area (Å²) in [5, 5.41) is 14.6. The lowest BCUT2D eigenvalue weighted by Crippen LogP contribution is -2.41. The quantitative estimate of drug-likeness (QED) is 0.854. The van der Waals surface area contributed by atoms with Gasteiger partial charge in [0.25, 0.3) is 5.91 Å². The Hall–Kier alpha value is -1.72. The van der Waals surface area contributed by atoms with Crippen LogP contribution in [0.4, 0.5) is 0 Å². The van der Waals surface area contributed by atoms with Crippen LogP contribution >= 0.6 is 11.3 Å². The number of nitrogens with zero attached hydrogens (tertiary/aromatic N) is 1. The number of aromatic nitrogens is 1. The highest BCUT2D eigenvalue weighted by molar-refractivity contribution is 7.10. The summed E-state index contributed by atoms with van der Waals surface area (Å²) in [6, 6.07) is 7.58. The summed E-state index contributed by atoms with van der Waals surface area (Å²) in [5.74, 6) is 0.193. The van der Waals surface area contributed by atoms with Gasteiger partial charge in [-0.1, -0.05) is 19.4 Å². The van der Waals surface area contributed by atoms with Crippen LogP contribution in [0.1, 0.15) is 53.2 Å². The molecule has 1 aliphatic carbocycles. The third-order valence-electron chi connectivity index (χ3n) is 4.33. The van der Waals surface area contributed by atoms with Gasteiger partial charge in [0.1, 0.15) is 0 Å². The fourth-order valence-electron chi connectivity index (χ4n) is 3.00. The van der Waals surface area contributed by atoms with Crippen molar-refractivity contribution in [3.63, 3.8) is 0 Å². The van der Waals surface area contributed by atoms with Crippen molar-refractivity contribution in [2.45, 2.75) is 44.8 Å². The van der Waals surface area contributed by atoms with Gasteiger partial charge in [-0.3, -0.25) is 9.78 Å². The molecule has 1 amide bonds. The van der Waals surface area contributed by atoms with Crippen LogP contribution in [0.2, 0.25) is 0 Å². The van der Waals surface area contributed by atoms with Crippen molar-refractivity contribution in [3.8, 4) is 0 Å². The summed E-state index contributed by atoms with van der Waals surface area (Å²) in [6.07, 6.45) is 5.01. The van der Waals surface area contributed by atoms with Gasteiger partial charge >= 0.3 is 0 Å². The molecule has 2 aromatic rings.